The molecule has 112 valence electrons. The zero-order valence-electron chi connectivity index (χ0n) is 11.3. The molecule has 1 aromatic carbocycles. The summed E-state index contributed by atoms with van der Waals surface area (Å²) in [4.78, 5) is 25.0. The Labute approximate surface area is 121 Å². The number of para-hydroxylation sites is 1. The molecule has 0 saturated carbocycles. The van der Waals surface area contributed by atoms with E-state index in [-0.39, 0.29) is 19.1 Å². The number of amides is 1. The van der Waals surface area contributed by atoms with Crippen molar-refractivity contribution in [1.29, 1.82) is 0 Å². The van der Waals surface area contributed by atoms with Crippen LogP contribution in [0.5, 0.6) is 11.5 Å². The Balaban J connectivity index is 1.83. The van der Waals surface area contributed by atoms with Crippen molar-refractivity contribution in [2.75, 3.05) is 32.9 Å². The maximum Gasteiger partial charge on any atom is 0.334 e. The summed E-state index contributed by atoms with van der Waals surface area (Å²) in [5.41, 5.74) is 0.387. The van der Waals surface area contributed by atoms with E-state index in [0.29, 0.717) is 36.8 Å². The molecule has 0 aliphatic carbocycles. The fourth-order valence-electron chi connectivity index (χ4n) is 2.40. The number of carbonyl (C=O) groups is 2. The van der Waals surface area contributed by atoms with Crippen molar-refractivity contribution in [3.05, 3.63) is 23.8 Å². The normalized spacial score (nSPS) is 21.0. The van der Waals surface area contributed by atoms with Crippen LogP contribution >= 0.6 is 0 Å². The molecule has 1 fully saturated rings. The van der Waals surface area contributed by atoms with Crippen LogP contribution < -0.4 is 9.47 Å². The van der Waals surface area contributed by atoms with E-state index in [2.05, 4.69) is 0 Å². The van der Waals surface area contributed by atoms with Gasteiger partial charge in [-0.05, 0) is 12.1 Å². The van der Waals surface area contributed by atoms with Gasteiger partial charge >= 0.3 is 5.97 Å². The number of hydrogen-bond donors (Lipinski definition) is 1. The number of ether oxygens (including phenoxy) is 3. The molecule has 0 radical (unpaired) electrons. The summed E-state index contributed by atoms with van der Waals surface area (Å²) in [5, 5.41) is 8.99. The first kappa shape index (κ1) is 13.7. The summed E-state index contributed by atoms with van der Waals surface area (Å²) < 4.78 is 16.1. The lowest BCUT2D eigenvalue weighted by atomic mass is 10.1. The van der Waals surface area contributed by atoms with Crippen LogP contribution in [-0.2, 0) is 9.53 Å². The highest BCUT2D eigenvalue weighted by Crippen LogP contribution is 2.34. The summed E-state index contributed by atoms with van der Waals surface area (Å²) in [6.07, 6.45) is -0.987. The molecule has 3 rings (SSSR count). The molecule has 1 amide bonds. The number of carboxylic acid groups (broad SMARTS) is 1. The van der Waals surface area contributed by atoms with E-state index in [1.54, 1.807) is 18.2 Å². The van der Waals surface area contributed by atoms with Gasteiger partial charge in [-0.15, -0.1) is 0 Å². The minimum atomic E-state index is -1.07. The van der Waals surface area contributed by atoms with Crippen molar-refractivity contribution < 1.29 is 28.9 Å². The van der Waals surface area contributed by atoms with Gasteiger partial charge in [-0.2, -0.15) is 0 Å². The predicted molar refractivity (Wildman–Crippen MR) is 70.7 cm³/mol. The Hall–Kier alpha value is -2.28. The Kier molecular flexibility index (Phi) is 3.66. The van der Waals surface area contributed by atoms with Gasteiger partial charge in [-0.3, -0.25) is 4.79 Å². The van der Waals surface area contributed by atoms with Crippen molar-refractivity contribution >= 4 is 11.9 Å². The van der Waals surface area contributed by atoms with Gasteiger partial charge in [0, 0.05) is 6.54 Å². The number of benzene rings is 1. The molecule has 0 unspecified atom stereocenters. The van der Waals surface area contributed by atoms with Gasteiger partial charge < -0.3 is 24.2 Å². The van der Waals surface area contributed by atoms with E-state index < -0.39 is 12.1 Å². The first-order valence-corrected chi connectivity index (χ1v) is 6.69. The molecule has 7 nitrogen and oxygen atoms in total. The first-order chi connectivity index (χ1) is 10.2. The third kappa shape index (κ3) is 2.64. The van der Waals surface area contributed by atoms with Gasteiger partial charge in [-0.25, -0.2) is 4.79 Å². The molecule has 1 N–H and O–H groups in total. The Morgan fingerprint density at radius 3 is 2.81 bits per heavy atom. The van der Waals surface area contributed by atoms with E-state index in [9.17, 15) is 9.59 Å². The van der Waals surface area contributed by atoms with Gasteiger partial charge in [0.25, 0.3) is 5.91 Å². The molecule has 7 heteroatoms. The lowest BCUT2D eigenvalue weighted by Crippen LogP contribution is -2.48. The SMILES string of the molecule is O=C(O)[C@@H]1CN(C(=O)c2cccc3c2OCCO3)CCO1. The Morgan fingerprint density at radius 1 is 1.19 bits per heavy atom. The van der Waals surface area contributed by atoms with Crippen LogP contribution in [0, 0.1) is 0 Å². The van der Waals surface area contributed by atoms with Gasteiger partial charge in [0.05, 0.1) is 18.7 Å². The van der Waals surface area contributed by atoms with E-state index in [1.807, 2.05) is 0 Å². The largest absolute Gasteiger partial charge is 0.486 e. The summed E-state index contributed by atoms with van der Waals surface area (Å²) in [5.74, 6) is -0.378. The molecular formula is C14H15NO6. The van der Waals surface area contributed by atoms with Crippen molar-refractivity contribution in [2.45, 2.75) is 6.10 Å². The quantitative estimate of drug-likeness (QED) is 0.848. The number of carboxylic acids is 1. The lowest BCUT2D eigenvalue weighted by Gasteiger charge is -2.31. The number of carbonyl (C=O) groups excluding carboxylic acids is 1. The molecule has 1 atom stereocenters. The number of rotatable bonds is 2. The maximum absolute atomic E-state index is 12.6. The minimum Gasteiger partial charge on any atom is -0.486 e. The Bertz CT molecular complexity index is 573. The van der Waals surface area contributed by atoms with Crippen LogP contribution in [0.25, 0.3) is 0 Å². The number of aliphatic carboxylic acids is 1. The third-order valence-electron chi connectivity index (χ3n) is 3.43. The second-order valence-corrected chi connectivity index (χ2v) is 4.78. The highest BCUT2D eigenvalue weighted by molar-refractivity contribution is 5.98. The zero-order chi connectivity index (χ0) is 14.8. The van der Waals surface area contributed by atoms with Crippen molar-refractivity contribution in [3.63, 3.8) is 0 Å². The van der Waals surface area contributed by atoms with Crippen LogP contribution in [0.4, 0.5) is 0 Å². The van der Waals surface area contributed by atoms with Crippen molar-refractivity contribution in [2.24, 2.45) is 0 Å². The summed E-state index contributed by atoms with van der Waals surface area (Å²) in [6, 6.07) is 5.11. The van der Waals surface area contributed by atoms with Crippen LogP contribution in [0.3, 0.4) is 0 Å². The summed E-state index contributed by atoms with van der Waals surface area (Å²) in [6.45, 7) is 1.42. The molecule has 1 saturated heterocycles. The topological polar surface area (TPSA) is 85.3 Å². The molecule has 0 spiro atoms. The summed E-state index contributed by atoms with van der Waals surface area (Å²) in [7, 11) is 0. The van der Waals surface area contributed by atoms with Crippen molar-refractivity contribution in [3.8, 4) is 11.5 Å². The van der Waals surface area contributed by atoms with E-state index >= 15 is 0 Å². The number of morpholine rings is 1. The average molecular weight is 293 g/mol. The molecule has 2 aliphatic rings. The average Bonchev–Trinajstić information content (AvgIpc) is 2.53. The molecule has 1 aromatic rings. The second kappa shape index (κ2) is 5.61. The fraction of sp³-hybridized carbons (Fsp3) is 0.429. The molecule has 0 aromatic heterocycles. The molecule has 2 heterocycles. The highest BCUT2D eigenvalue weighted by Gasteiger charge is 2.31. The smallest absolute Gasteiger partial charge is 0.334 e. The van der Waals surface area contributed by atoms with E-state index in [4.69, 9.17) is 19.3 Å². The number of fused-ring (bicyclic) bond motifs is 1. The van der Waals surface area contributed by atoms with Gasteiger partial charge in [0.1, 0.15) is 13.2 Å². The first-order valence-electron chi connectivity index (χ1n) is 6.69. The van der Waals surface area contributed by atoms with E-state index in [1.165, 1.54) is 4.90 Å². The number of hydrogen-bond acceptors (Lipinski definition) is 5. The molecule has 21 heavy (non-hydrogen) atoms. The zero-order valence-corrected chi connectivity index (χ0v) is 11.3. The standard InChI is InChI=1S/C14H15NO6/c16-13(15-4-5-19-11(8-15)14(17)18)9-2-1-3-10-12(9)21-7-6-20-10/h1-3,11H,4-8H2,(H,17,18)/t11-/m0/s1. The van der Waals surface area contributed by atoms with Gasteiger partial charge in [-0.1, -0.05) is 6.07 Å². The maximum atomic E-state index is 12.6. The highest BCUT2D eigenvalue weighted by atomic mass is 16.6. The second-order valence-electron chi connectivity index (χ2n) is 4.78. The van der Waals surface area contributed by atoms with Gasteiger partial charge in [0.15, 0.2) is 17.6 Å². The molecule has 2 aliphatic heterocycles. The van der Waals surface area contributed by atoms with Crippen LogP contribution in [0.1, 0.15) is 10.4 Å². The monoisotopic (exact) mass is 293 g/mol. The lowest BCUT2D eigenvalue weighted by molar-refractivity contribution is -0.154. The number of nitrogens with zero attached hydrogens (tertiary/aromatic N) is 1. The summed E-state index contributed by atoms with van der Waals surface area (Å²) >= 11 is 0. The van der Waals surface area contributed by atoms with E-state index in [0.717, 1.165) is 0 Å². The predicted octanol–water partition coefficient (Wildman–Crippen LogP) is 0.383. The van der Waals surface area contributed by atoms with Gasteiger partial charge in [0.2, 0.25) is 0 Å². The fourth-order valence-corrected chi connectivity index (χ4v) is 2.40. The van der Waals surface area contributed by atoms with Crippen molar-refractivity contribution in [1.82, 2.24) is 4.90 Å². The molecule has 0 bridgehead atoms. The third-order valence-corrected chi connectivity index (χ3v) is 3.43. The minimum absolute atomic E-state index is 0.0265. The van der Waals surface area contributed by atoms with Crippen LogP contribution in [0.15, 0.2) is 18.2 Å². The Morgan fingerprint density at radius 2 is 2.00 bits per heavy atom. The molecular weight excluding hydrogens is 278 g/mol. The van der Waals surface area contributed by atoms with Crippen LogP contribution in [0.2, 0.25) is 0 Å². The van der Waals surface area contributed by atoms with Crippen LogP contribution in [-0.4, -0.2) is 60.9 Å².